The Morgan fingerprint density at radius 3 is 2.62 bits per heavy atom. The average molecular weight is 310 g/mol. The molecule has 1 aliphatic rings. The molecule has 0 radical (unpaired) electrons. The lowest BCUT2D eigenvalue weighted by molar-refractivity contribution is -0.122. The Hall–Kier alpha value is -1.14. The largest absolute Gasteiger partial charge is 0.369 e. The van der Waals surface area contributed by atoms with Crippen LogP contribution in [0.2, 0.25) is 0 Å². The summed E-state index contributed by atoms with van der Waals surface area (Å²) in [5.74, 6) is -0.0551. The van der Waals surface area contributed by atoms with Crippen molar-refractivity contribution in [3.8, 4) is 0 Å². The molecule has 0 atom stereocenters. The summed E-state index contributed by atoms with van der Waals surface area (Å²) in [6.07, 6.45) is 5.88. The van der Waals surface area contributed by atoms with Gasteiger partial charge in [0, 0.05) is 42.7 Å². The molecule has 1 aromatic heterocycles. The van der Waals surface area contributed by atoms with E-state index in [1.54, 1.807) is 11.3 Å². The van der Waals surface area contributed by atoms with Gasteiger partial charge in [-0.1, -0.05) is 0 Å². The molecule has 0 bridgehead atoms. The van der Waals surface area contributed by atoms with Crippen molar-refractivity contribution in [3.63, 3.8) is 0 Å². The summed E-state index contributed by atoms with van der Waals surface area (Å²) in [6, 6.07) is 0.500. The number of thiazole rings is 1. The van der Waals surface area contributed by atoms with Crippen molar-refractivity contribution in [3.05, 3.63) is 11.1 Å². The minimum atomic E-state index is -0.139. The highest BCUT2D eigenvalue weighted by Gasteiger charge is 2.24. The second kappa shape index (κ2) is 7.75. The molecule has 1 aromatic rings. The van der Waals surface area contributed by atoms with E-state index in [1.807, 2.05) is 6.20 Å². The van der Waals surface area contributed by atoms with E-state index in [0.717, 1.165) is 50.4 Å². The van der Waals surface area contributed by atoms with Crippen LogP contribution < -0.4 is 16.0 Å². The monoisotopic (exact) mass is 310 g/mol. The first-order valence-corrected chi connectivity index (χ1v) is 8.68. The summed E-state index contributed by atoms with van der Waals surface area (Å²) in [5.41, 5.74) is 5.36. The fourth-order valence-corrected chi connectivity index (χ4v) is 3.83. The number of primary amides is 1. The molecular weight excluding hydrogens is 284 g/mol. The predicted molar refractivity (Wildman–Crippen MR) is 87.5 cm³/mol. The maximum atomic E-state index is 11.2. The Balaban J connectivity index is 1.78. The summed E-state index contributed by atoms with van der Waals surface area (Å²) >= 11 is 1.76. The molecule has 0 aliphatic heterocycles. The molecule has 0 unspecified atom stereocenters. The van der Waals surface area contributed by atoms with Crippen LogP contribution in [0.1, 0.15) is 44.4 Å². The zero-order valence-corrected chi connectivity index (χ0v) is 13.8. The van der Waals surface area contributed by atoms with E-state index in [1.165, 1.54) is 4.88 Å². The van der Waals surface area contributed by atoms with Gasteiger partial charge in [0.1, 0.15) is 0 Å². The van der Waals surface area contributed by atoms with Crippen LogP contribution >= 0.6 is 11.3 Å². The third-order valence-corrected chi connectivity index (χ3v) is 5.33. The molecule has 118 valence electrons. The molecule has 6 heteroatoms. The number of amides is 1. The number of nitrogens with two attached hydrogens (primary N) is 1. The van der Waals surface area contributed by atoms with Gasteiger partial charge in [0.2, 0.25) is 5.91 Å². The van der Waals surface area contributed by atoms with Crippen LogP contribution in [0.25, 0.3) is 0 Å². The van der Waals surface area contributed by atoms with E-state index in [0.29, 0.717) is 6.04 Å². The number of rotatable bonds is 7. The minimum absolute atomic E-state index is 0.0840. The van der Waals surface area contributed by atoms with Crippen LogP contribution in [-0.2, 0) is 11.3 Å². The Bertz CT molecular complexity index is 450. The van der Waals surface area contributed by atoms with E-state index in [9.17, 15) is 4.79 Å². The van der Waals surface area contributed by atoms with Crippen molar-refractivity contribution < 1.29 is 4.79 Å². The molecule has 2 rings (SSSR count). The second-order valence-corrected chi connectivity index (χ2v) is 6.71. The zero-order chi connectivity index (χ0) is 15.2. The molecule has 21 heavy (non-hydrogen) atoms. The van der Waals surface area contributed by atoms with Gasteiger partial charge in [-0.25, -0.2) is 4.98 Å². The topological polar surface area (TPSA) is 71.2 Å². The average Bonchev–Trinajstić information content (AvgIpc) is 2.96. The number of nitrogens with zero attached hydrogens (tertiary/aromatic N) is 2. The first-order valence-electron chi connectivity index (χ1n) is 7.86. The standard InChI is InChI=1S/C15H26N4OS/c1-3-19(4-2)15-18-10-13(21-15)9-17-12-7-5-11(6-8-12)14(16)20/h10-12,17H,3-9H2,1-2H3,(H2,16,20). The lowest BCUT2D eigenvalue weighted by Gasteiger charge is -2.27. The number of anilines is 1. The zero-order valence-electron chi connectivity index (χ0n) is 13.0. The summed E-state index contributed by atoms with van der Waals surface area (Å²) in [4.78, 5) is 19.2. The quantitative estimate of drug-likeness (QED) is 0.809. The Morgan fingerprint density at radius 1 is 1.38 bits per heavy atom. The Labute approximate surface area is 130 Å². The molecule has 1 heterocycles. The van der Waals surface area contributed by atoms with Gasteiger partial charge in [0.05, 0.1) is 0 Å². The van der Waals surface area contributed by atoms with E-state index in [-0.39, 0.29) is 11.8 Å². The first kappa shape index (κ1) is 16.2. The molecule has 1 saturated carbocycles. The summed E-state index contributed by atoms with van der Waals surface area (Å²) in [7, 11) is 0. The van der Waals surface area contributed by atoms with E-state index in [4.69, 9.17) is 5.73 Å². The molecule has 1 aliphatic carbocycles. The van der Waals surface area contributed by atoms with Gasteiger partial charge in [-0.15, -0.1) is 11.3 Å². The maximum Gasteiger partial charge on any atom is 0.220 e. The van der Waals surface area contributed by atoms with Gasteiger partial charge < -0.3 is 16.0 Å². The molecule has 0 aromatic carbocycles. The third kappa shape index (κ3) is 4.41. The Morgan fingerprint density at radius 2 is 2.05 bits per heavy atom. The van der Waals surface area contributed by atoms with Crippen molar-refractivity contribution in [1.29, 1.82) is 0 Å². The molecular formula is C15H26N4OS. The van der Waals surface area contributed by atoms with Crippen LogP contribution in [0.3, 0.4) is 0 Å². The molecule has 0 spiro atoms. The molecule has 3 N–H and O–H groups in total. The van der Waals surface area contributed by atoms with Crippen molar-refractivity contribution in [1.82, 2.24) is 10.3 Å². The number of nitrogens with one attached hydrogen (secondary N) is 1. The SMILES string of the molecule is CCN(CC)c1ncc(CNC2CCC(C(N)=O)CC2)s1. The van der Waals surface area contributed by atoms with Crippen LogP contribution in [0.4, 0.5) is 5.13 Å². The van der Waals surface area contributed by atoms with Gasteiger partial charge in [-0.3, -0.25) is 4.79 Å². The van der Waals surface area contributed by atoms with E-state index >= 15 is 0 Å². The number of carbonyl (C=O) groups excluding carboxylic acids is 1. The van der Waals surface area contributed by atoms with Gasteiger partial charge in [-0.05, 0) is 39.5 Å². The number of hydrogen-bond donors (Lipinski definition) is 2. The van der Waals surface area contributed by atoms with Crippen LogP contribution in [0.5, 0.6) is 0 Å². The molecule has 5 nitrogen and oxygen atoms in total. The summed E-state index contributed by atoms with van der Waals surface area (Å²) in [6.45, 7) is 7.16. The van der Waals surface area contributed by atoms with Crippen molar-refractivity contribution >= 4 is 22.4 Å². The molecule has 1 fully saturated rings. The maximum absolute atomic E-state index is 11.2. The second-order valence-electron chi connectivity index (χ2n) is 5.61. The van der Waals surface area contributed by atoms with Crippen LogP contribution in [0.15, 0.2) is 6.20 Å². The van der Waals surface area contributed by atoms with Crippen LogP contribution in [0, 0.1) is 5.92 Å². The van der Waals surface area contributed by atoms with Gasteiger partial charge in [0.15, 0.2) is 5.13 Å². The first-order chi connectivity index (χ1) is 10.1. The van der Waals surface area contributed by atoms with Crippen molar-refractivity contribution in [2.45, 2.75) is 52.1 Å². The fourth-order valence-electron chi connectivity index (χ4n) is 2.85. The van der Waals surface area contributed by atoms with Crippen LogP contribution in [-0.4, -0.2) is 30.0 Å². The lowest BCUT2D eigenvalue weighted by Crippen LogP contribution is -2.36. The Kier molecular flexibility index (Phi) is 5.99. The van der Waals surface area contributed by atoms with E-state index in [2.05, 4.69) is 29.0 Å². The van der Waals surface area contributed by atoms with Gasteiger partial charge in [-0.2, -0.15) is 0 Å². The van der Waals surface area contributed by atoms with Gasteiger partial charge in [0.25, 0.3) is 0 Å². The highest BCUT2D eigenvalue weighted by atomic mass is 32.1. The highest BCUT2D eigenvalue weighted by Crippen LogP contribution is 2.25. The smallest absolute Gasteiger partial charge is 0.220 e. The minimum Gasteiger partial charge on any atom is -0.369 e. The molecule has 0 saturated heterocycles. The third-order valence-electron chi connectivity index (χ3n) is 4.27. The van der Waals surface area contributed by atoms with Gasteiger partial charge >= 0.3 is 0 Å². The summed E-state index contributed by atoms with van der Waals surface area (Å²) in [5, 5.41) is 4.69. The fraction of sp³-hybridized carbons (Fsp3) is 0.733. The highest BCUT2D eigenvalue weighted by molar-refractivity contribution is 7.15. The summed E-state index contributed by atoms with van der Waals surface area (Å²) < 4.78 is 0. The number of hydrogen-bond acceptors (Lipinski definition) is 5. The number of carbonyl (C=O) groups is 1. The number of aromatic nitrogens is 1. The van der Waals surface area contributed by atoms with E-state index < -0.39 is 0 Å². The predicted octanol–water partition coefficient (Wildman–Crippen LogP) is 2.12. The molecule has 1 amide bonds. The lowest BCUT2D eigenvalue weighted by atomic mass is 9.85. The normalized spacial score (nSPS) is 22.2. The van der Waals surface area contributed by atoms with Crippen molar-refractivity contribution in [2.24, 2.45) is 11.7 Å². The van der Waals surface area contributed by atoms with Crippen molar-refractivity contribution in [2.75, 3.05) is 18.0 Å².